The summed E-state index contributed by atoms with van der Waals surface area (Å²) >= 11 is 0. The molecule has 4 rings (SSSR count). The van der Waals surface area contributed by atoms with Gasteiger partial charge in [-0.15, -0.1) is 0 Å². The van der Waals surface area contributed by atoms with Gasteiger partial charge in [-0.05, 0) is 30.2 Å². The number of carbonyl (C=O) groups excluding carboxylic acids is 3. The van der Waals surface area contributed by atoms with Gasteiger partial charge in [0, 0.05) is 6.42 Å². The van der Waals surface area contributed by atoms with E-state index < -0.39 is 23.8 Å². The van der Waals surface area contributed by atoms with Crippen LogP contribution >= 0.6 is 0 Å². The van der Waals surface area contributed by atoms with Crippen LogP contribution in [0.5, 0.6) is 0 Å². The summed E-state index contributed by atoms with van der Waals surface area (Å²) in [6.45, 7) is 0. The van der Waals surface area contributed by atoms with Crippen LogP contribution in [0.4, 0.5) is 0 Å². The number of amides is 2. The van der Waals surface area contributed by atoms with Crippen molar-refractivity contribution >= 4 is 23.9 Å². The van der Waals surface area contributed by atoms with E-state index in [1.54, 1.807) is 30.3 Å². The fourth-order valence-electron chi connectivity index (χ4n) is 3.21. The molecule has 1 saturated heterocycles. The van der Waals surface area contributed by atoms with E-state index in [-0.39, 0.29) is 0 Å². The summed E-state index contributed by atoms with van der Waals surface area (Å²) < 4.78 is 5.39. The van der Waals surface area contributed by atoms with Crippen molar-refractivity contribution in [2.45, 2.75) is 18.9 Å². The van der Waals surface area contributed by atoms with Gasteiger partial charge in [0.2, 0.25) is 0 Å². The molecule has 2 aliphatic rings. The number of benzene rings is 2. The number of nitrogens with zero attached hydrogens (tertiary/aromatic N) is 1. The molecule has 2 aromatic carbocycles. The van der Waals surface area contributed by atoms with E-state index in [9.17, 15) is 14.4 Å². The Labute approximate surface area is 144 Å². The van der Waals surface area contributed by atoms with Crippen molar-refractivity contribution in [2.75, 3.05) is 0 Å². The number of fused-ring (bicyclic) bond motifs is 1. The Kier molecular flexibility index (Phi) is 3.69. The number of rotatable bonds is 2. The Morgan fingerprint density at radius 3 is 2.08 bits per heavy atom. The molecule has 0 aromatic heterocycles. The molecular weight excluding hydrogens is 318 g/mol. The molecule has 0 N–H and O–H groups in total. The molecule has 2 aromatic rings. The van der Waals surface area contributed by atoms with E-state index >= 15 is 0 Å². The second-order valence-electron chi connectivity index (χ2n) is 6.02. The van der Waals surface area contributed by atoms with Crippen LogP contribution in [0.25, 0.3) is 6.08 Å². The second-order valence-corrected chi connectivity index (χ2v) is 6.02. The number of esters is 1. The van der Waals surface area contributed by atoms with E-state index in [0.717, 1.165) is 10.5 Å². The molecule has 2 amide bonds. The Hall–Kier alpha value is -3.21. The standard InChI is InChI=1S/C20H15NO4/c22-18-15-8-4-5-9-16(15)19(23)21(18)17-11-10-14(25-20(17)24)12-13-6-2-1-3-7-13/h1-9,12,17H,10-11H2/b14-12-/t17-/m1/s1. The maximum atomic E-state index is 12.5. The first-order valence-electron chi connectivity index (χ1n) is 8.09. The van der Waals surface area contributed by atoms with E-state index in [1.165, 1.54) is 0 Å². The topological polar surface area (TPSA) is 63.7 Å². The number of hydrogen-bond acceptors (Lipinski definition) is 4. The number of allylic oxidation sites excluding steroid dienone is 1. The lowest BCUT2D eigenvalue weighted by Gasteiger charge is -2.28. The summed E-state index contributed by atoms with van der Waals surface area (Å²) in [5.41, 5.74) is 1.61. The van der Waals surface area contributed by atoms with Crippen LogP contribution in [-0.2, 0) is 9.53 Å². The lowest BCUT2D eigenvalue weighted by Crippen LogP contribution is -2.47. The maximum absolute atomic E-state index is 12.5. The zero-order valence-electron chi connectivity index (χ0n) is 13.3. The predicted molar refractivity (Wildman–Crippen MR) is 90.5 cm³/mol. The average Bonchev–Trinajstić information content (AvgIpc) is 2.88. The van der Waals surface area contributed by atoms with Gasteiger partial charge in [-0.25, -0.2) is 4.79 Å². The zero-order chi connectivity index (χ0) is 17.4. The van der Waals surface area contributed by atoms with Gasteiger partial charge in [0.05, 0.1) is 11.1 Å². The van der Waals surface area contributed by atoms with Gasteiger partial charge < -0.3 is 4.74 Å². The minimum atomic E-state index is -0.875. The predicted octanol–water partition coefficient (Wildman–Crippen LogP) is 3.03. The zero-order valence-corrected chi connectivity index (χ0v) is 13.3. The Morgan fingerprint density at radius 2 is 1.48 bits per heavy atom. The third kappa shape index (κ3) is 2.63. The summed E-state index contributed by atoms with van der Waals surface area (Å²) in [7, 11) is 0. The summed E-state index contributed by atoms with van der Waals surface area (Å²) in [5.74, 6) is -0.886. The van der Waals surface area contributed by atoms with Gasteiger partial charge in [-0.2, -0.15) is 0 Å². The molecule has 0 unspecified atom stereocenters. The van der Waals surface area contributed by atoms with Crippen molar-refractivity contribution < 1.29 is 19.1 Å². The van der Waals surface area contributed by atoms with Crippen LogP contribution in [-0.4, -0.2) is 28.7 Å². The molecule has 0 bridgehead atoms. The smallest absolute Gasteiger partial charge is 0.334 e. The third-order valence-electron chi connectivity index (χ3n) is 4.43. The summed E-state index contributed by atoms with van der Waals surface area (Å²) in [6, 6.07) is 15.3. The van der Waals surface area contributed by atoms with Crippen molar-refractivity contribution in [2.24, 2.45) is 0 Å². The lowest BCUT2D eigenvalue weighted by molar-refractivity contribution is -0.147. The van der Waals surface area contributed by atoms with Gasteiger partial charge in [-0.3, -0.25) is 14.5 Å². The minimum Gasteiger partial charge on any atom is -0.430 e. The highest BCUT2D eigenvalue weighted by Crippen LogP contribution is 2.30. The molecule has 2 heterocycles. The first kappa shape index (κ1) is 15.3. The lowest BCUT2D eigenvalue weighted by atomic mass is 10.0. The average molecular weight is 333 g/mol. The van der Waals surface area contributed by atoms with Crippen molar-refractivity contribution in [1.29, 1.82) is 0 Å². The van der Waals surface area contributed by atoms with Gasteiger partial charge in [0.25, 0.3) is 11.8 Å². The van der Waals surface area contributed by atoms with E-state index in [0.29, 0.717) is 29.7 Å². The van der Waals surface area contributed by atoms with Crippen LogP contribution in [0.1, 0.15) is 39.1 Å². The van der Waals surface area contributed by atoms with E-state index in [2.05, 4.69) is 0 Å². The first-order chi connectivity index (χ1) is 12.1. The largest absolute Gasteiger partial charge is 0.430 e. The first-order valence-corrected chi connectivity index (χ1v) is 8.09. The van der Waals surface area contributed by atoms with Crippen molar-refractivity contribution in [3.05, 3.63) is 77.0 Å². The monoisotopic (exact) mass is 333 g/mol. The number of imide groups is 1. The molecule has 25 heavy (non-hydrogen) atoms. The molecule has 0 aliphatic carbocycles. The van der Waals surface area contributed by atoms with E-state index in [1.807, 2.05) is 30.3 Å². The molecule has 0 saturated carbocycles. The maximum Gasteiger partial charge on any atom is 0.334 e. The highest BCUT2D eigenvalue weighted by molar-refractivity contribution is 6.22. The Bertz CT molecular complexity index is 866. The summed E-state index contributed by atoms with van der Waals surface area (Å²) in [4.78, 5) is 38.5. The molecule has 2 aliphatic heterocycles. The summed E-state index contributed by atoms with van der Waals surface area (Å²) in [5, 5.41) is 0. The molecule has 5 heteroatoms. The van der Waals surface area contributed by atoms with Crippen molar-refractivity contribution in [3.8, 4) is 0 Å². The normalized spacial score (nSPS) is 21.4. The van der Waals surface area contributed by atoms with Crippen LogP contribution in [0.2, 0.25) is 0 Å². The fourth-order valence-corrected chi connectivity index (χ4v) is 3.21. The number of ether oxygens (including phenoxy) is 1. The SMILES string of the molecule is O=C1O/C(=C\c2ccccc2)CC[C@H]1N1C(=O)c2ccccc2C1=O. The Morgan fingerprint density at radius 1 is 0.880 bits per heavy atom. The van der Waals surface area contributed by atoms with Crippen LogP contribution < -0.4 is 0 Å². The minimum absolute atomic E-state index is 0.339. The van der Waals surface area contributed by atoms with Gasteiger partial charge in [0.1, 0.15) is 11.8 Å². The molecule has 5 nitrogen and oxygen atoms in total. The fraction of sp³-hybridized carbons (Fsp3) is 0.150. The van der Waals surface area contributed by atoms with Gasteiger partial charge in [0.15, 0.2) is 0 Å². The van der Waals surface area contributed by atoms with Gasteiger partial charge in [-0.1, -0.05) is 42.5 Å². The molecule has 124 valence electrons. The van der Waals surface area contributed by atoms with Crippen molar-refractivity contribution in [3.63, 3.8) is 0 Å². The van der Waals surface area contributed by atoms with Crippen LogP contribution in [0, 0.1) is 0 Å². The molecular formula is C20H15NO4. The number of carbonyl (C=O) groups is 3. The molecule has 0 spiro atoms. The summed E-state index contributed by atoms with van der Waals surface area (Å²) in [6.07, 6.45) is 2.65. The third-order valence-corrected chi connectivity index (χ3v) is 4.43. The highest BCUT2D eigenvalue weighted by Gasteiger charge is 2.44. The molecule has 1 fully saturated rings. The molecule has 0 radical (unpaired) electrons. The Balaban J connectivity index is 1.55. The van der Waals surface area contributed by atoms with Gasteiger partial charge >= 0.3 is 5.97 Å². The van der Waals surface area contributed by atoms with Crippen LogP contribution in [0.3, 0.4) is 0 Å². The number of hydrogen-bond donors (Lipinski definition) is 0. The number of cyclic esters (lactones) is 1. The highest BCUT2D eigenvalue weighted by atomic mass is 16.5. The van der Waals surface area contributed by atoms with Crippen molar-refractivity contribution in [1.82, 2.24) is 4.90 Å². The molecule has 1 atom stereocenters. The van der Waals surface area contributed by atoms with Crippen LogP contribution in [0.15, 0.2) is 60.4 Å². The van der Waals surface area contributed by atoms with E-state index in [4.69, 9.17) is 4.74 Å². The quantitative estimate of drug-likeness (QED) is 0.626. The second kappa shape index (κ2) is 6.02.